The van der Waals surface area contributed by atoms with Crippen molar-refractivity contribution in [2.24, 2.45) is 11.8 Å². The molecule has 0 saturated heterocycles. The predicted octanol–water partition coefficient (Wildman–Crippen LogP) is 7.42. The number of rotatable bonds is 4. The topological polar surface area (TPSA) is 9.23 Å². The van der Waals surface area contributed by atoms with Gasteiger partial charge in [-0.15, -0.1) is 0 Å². The van der Waals surface area contributed by atoms with E-state index in [2.05, 4.69) is 4.74 Å². The van der Waals surface area contributed by atoms with Crippen LogP contribution in [-0.2, 0) is 0 Å². The summed E-state index contributed by atoms with van der Waals surface area (Å²) in [5.41, 5.74) is 0. The summed E-state index contributed by atoms with van der Waals surface area (Å²) in [5, 5.41) is 0. The van der Waals surface area contributed by atoms with Gasteiger partial charge in [0.1, 0.15) is 5.75 Å². The van der Waals surface area contributed by atoms with Gasteiger partial charge in [-0.25, -0.2) is 8.78 Å². The molecule has 1 aromatic rings. The standard InChI is InChI=1S/C14H15F9OS/c1-8-2-4-9(5-3-8)14(17,18)24-10-6-11(15)13(12(16)7-10)25(19,20,21,22)23/h6-9H,2-5H2,1H3. The first-order valence-electron chi connectivity index (χ1n) is 7.29. The average Bonchev–Trinajstić information content (AvgIpc) is 2.33. The molecular formula is C14H15F9OS. The predicted molar refractivity (Wildman–Crippen MR) is 74.5 cm³/mol. The lowest BCUT2D eigenvalue weighted by atomic mass is 9.82. The molecule has 1 aliphatic carbocycles. The van der Waals surface area contributed by atoms with Gasteiger partial charge >= 0.3 is 16.3 Å². The van der Waals surface area contributed by atoms with E-state index in [1.54, 1.807) is 0 Å². The minimum atomic E-state index is -10.7. The highest BCUT2D eigenvalue weighted by molar-refractivity contribution is 8.45. The van der Waals surface area contributed by atoms with Crippen LogP contribution >= 0.6 is 10.2 Å². The fraction of sp³-hybridized carbons (Fsp3) is 0.571. The lowest BCUT2D eigenvalue weighted by Gasteiger charge is -2.40. The summed E-state index contributed by atoms with van der Waals surface area (Å²) in [6.07, 6.45) is -2.84. The molecule has 1 aliphatic rings. The number of hydrogen-bond acceptors (Lipinski definition) is 1. The second kappa shape index (κ2) is 5.37. The molecule has 1 fully saturated rings. The molecule has 1 nitrogen and oxygen atoms in total. The molecule has 0 N–H and O–H groups in total. The van der Waals surface area contributed by atoms with Gasteiger partial charge in [0.05, 0.1) is 5.92 Å². The maximum Gasteiger partial charge on any atom is 0.400 e. The number of halogens is 9. The molecule has 146 valence electrons. The summed E-state index contributed by atoms with van der Waals surface area (Å²) < 4.78 is 122. The smallest absolute Gasteiger partial charge is 0.400 e. The van der Waals surface area contributed by atoms with E-state index in [1.807, 2.05) is 6.92 Å². The van der Waals surface area contributed by atoms with Crippen LogP contribution in [0.25, 0.3) is 0 Å². The second-order valence-electron chi connectivity index (χ2n) is 6.31. The quantitative estimate of drug-likeness (QED) is 0.476. The van der Waals surface area contributed by atoms with Crippen LogP contribution in [0, 0.1) is 23.5 Å². The SMILES string of the molecule is CC1CCC(C(F)(F)Oc2cc(F)c(S(F)(F)(F)(F)F)c(F)c2)CC1. The second-order valence-corrected chi connectivity index (χ2v) is 8.65. The highest BCUT2D eigenvalue weighted by atomic mass is 32.5. The van der Waals surface area contributed by atoms with Gasteiger partial charge in [0.15, 0.2) is 16.5 Å². The van der Waals surface area contributed by atoms with E-state index in [0.717, 1.165) is 0 Å². The van der Waals surface area contributed by atoms with Crippen LogP contribution in [0.15, 0.2) is 17.0 Å². The normalized spacial score (nSPS) is 25.2. The van der Waals surface area contributed by atoms with Crippen molar-refractivity contribution in [1.29, 1.82) is 0 Å². The zero-order valence-corrected chi connectivity index (χ0v) is 13.7. The van der Waals surface area contributed by atoms with Crippen molar-refractivity contribution in [3.8, 4) is 5.75 Å². The Morgan fingerprint density at radius 2 is 1.36 bits per heavy atom. The van der Waals surface area contributed by atoms with Gasteiger partial charge in [0.25, 0.3) is 0 Å². The van der Waals surface area contributed by atoms with E-state index in [4.69, 9.17) is 0 Å². The first-order valence-corrected chi connectivity index (χ1v) is 9.24. The minimum Gasteiger partial charge on any atom is -0.432 e. The Bertz CT molecular complexity index is 640. The summed E-state index contributed by atoms with van der Waals surface area (Å²) in [4.78, 5) is -3.37. The number of ether oxygens (including phenoxy) is 1. The number of benzene rings is 1. The van der Waals surface area contributed by atoms with Crippen molar-refractivity contribution in [2.45, 2.75) is 43.6 Å². The fourth-order valence-corrected chi connectivity index (χ4v) is 3.66. The summed E-state index contributed by atoms with van der Waals surface area (Å²) in [7, 11) is -10.7. The van der Waals surface area contributed by atoms with Crippen molar-refractivity contribution >= 4 is 10.2 Å². The molecule has 0 aliphatic heterocycles. The van der Waals surface area contributed by atoms with Crippen LogP contribution in [0.1, 0.15) is 32.6 Å². The van der Waals surface area contributed by atoms with E-state index in [1.165, 1.54) is 0 Å². The monoisotopic (exact) mass is 402 g/mol. The third-order valence-electron chi connectivity index (χ3n) is 4.10. The summed E-state index contributed by atoms with van der Waals surface area (Å²) >= 11 is 0. The maximum absolute atomic E-state index is 14.0. The highest BCUT2D eigenvalue weighted by Crippen LogP contribution is 3.02. The Kier molecular flexibility index (Phi) is 4.31. The molecule has 0 radical (unpaired) electrons. The Balaban J connectivity index is 2.31. The summed E-state index contributed by atoms with van der Waals surface area (Å²) in [5.74, 6) is -7.77. The van der Waals surface area contributed by atoms with Gasteiger partial charge in [-0.2, -0.15) is 8.78 Å². The third kappa shape index (κ3) is 4.68. The van der Waals surface area contributed by atoms with Crippen LogP contribution in [0.3, 0.4) is 0 Å². The first-order chi connectivity index (χ1) is 11.0. The van der Waals surface area contributed by atoms with Crippen LogP contribution in [0.2, 0.25) is 0 Å². The zero-order valence-electron chi connectivity index (χ0n) is 12.9. The minimum absolute atomic E-state index is 0.0582. The molecule has 1 aromatic carbocycles. The lowest BCUT2D eigenvalue weighted by Crippen LogP contribution is -2.37. The largest absolute Gasteiger partial charge is 0.432 e. The fourth-order valence-electron chi connectivity index (χ4n) is 2.80. The summed E-state index contributed by atoms with van der Waals surface area (Å²) in [6, 6.07) is -0.620. The highest BCUT2D eigenvalue weighted by Gasteiger charge is 2.69. The number of alkyl halides is 2. The van der Waals surface area contributed by atoms with Crippen molar-refractivity contribution in [2.75, 3.05) is 0 Å². The van der Waals surface area contributed by atoms with Gasteiger partial charge in [0, 0.05) is 12.1 Å². The van der Waals surface area contributed by atoms with Gasteiger partial charge in [-0.1, -0.05) is 39.2 Å². The molecule has 0 bridgehead atoms. The Morgan fingerprint density at radius 1 is 0.920 bits per heavy atom. The van der Waals surface area contributed by atoms with Crippen molar-refractivity contribution in [3.05, 3.63) is 23.8 Å². The third-order valence-corrected chi connectivity index (χ3v) is 5.26. The van der Waals surface area contributed by atoms with E-state index in [0.29, 0.717) is 12.8 Å². The molecule has 0 aromatic heterocycles. The molecule has 1 saturated carbocycles. The molecule has 11 heteroatoms. The molecule has 0 atom stereocenters. The van der Waals surface area contributed by atoms with Gasteiger partial charge < -0.3 is 4.74 Å². The Morgan fingerprint density at radius 3 is 1.76 bits per heavy atom. The molecule has 2 rings (SSSR count). The first kappa shape index (κ1) is 20.1. The van der Waals surface area contributed by atoms with Gasteiger partial charge in [-0.3, -0.25) is 0 Å². The summed E-state index contributed by atoms with van der Waals surface area (Å²) in [6.45, 7) is 1.86. The van der Waals surface area contributed by atoms with Crippen molar-refractivity contribution in [3.63, 3.8) is 0 Å². The van der Waals surface area contributed by atoms with Crippen LogP contribution in [-0.4, -0.2) is 6.11 Å². The average molecular weight is 402 g/mol. The molecule has 25 heavy (non-hydrogen) atoms. The molecule has 0 amide bonds. The zero-order chi connectivity index (χ0) is 19.3. The molecule has 0 heterocycles. The molecule has 0 spiro atoms. The van der Waals surface area contributed by atoms with Crippen LogP contribution in [0.5, 0.6) is 5.75 Å². The Labute approximate surface area is 137 Å². The number of hydrogen-bond donors (Lipinski definition) is 0. The molecular weight excluding hydrogens is 387 g/mol. The Hall–Kier alpha value is -1.26. The van der Waals surface area contributed by atoms with E-state index >= 15 is 0 Å². The van der Waals surface area contributed by atoms with Crippen molar-refractivity contribution in [1.82, 2.24) is 0 Å². The maximum atomic E-state index is 14.0. The van der Waals surface area contributed by atoms with Crippen LogP contribution in [0.4, 0.5) is 37.0 Å². The van der Waals surface area contributed by atoms with Gasteiger partial charge in [0.2, 0.25) is 0 Å². The van der Waals surface area contributed by atoms with Crippen LogP contribution < -0.4 is 4.74 Å². The van der Waals surface area contributed by atoms with Gasteiger partial charge in [-0.05, 0) is 18.8 Å². The van der Waals surface area contributed by atoms with E-state index < -0.39 is 44.5 Å². The lowest BCUT2D eigenvalue weighted by molar-refractivity contribution is -0.223. The van der Waals surface area contributed by atoms with E-state index in [9.17, 15) is 37.0 Å². The van der Waals surface area contributed by atoms with E-state index in [-0.39, 0.29) is 30.9 Å². The van der Waals surface area contributed by atoms with Crippen molar-refractivity contribution < 1.29 is 41.7 Å². The molecule has 0 unspecified atom stereocenters.